The second-order valence-electron chi connectivity index (χ2n) is 6.34. The van der Waals surface area contributed by atoms with Crippen molar-refractivity contribution < 1.29 is 19.2 Å². The van der Waals surface area contributed by atoms with Gasteiger partial charge in [0, 0.05) is 30.1 Å². The molecular weight excluding hydrogens is 390 g/mol. The number of hydrogen-bond acceptors (Lipinski definition) is 6. The Morgan fingerprint density at radius 3 is 2.40 bits per heavy atom. The van der Waals surface area contributed by atoms with Crippen molar-refractivity contribution in [1.29, 1.82) is 0 Å². The molecule has 0 aliphatic heterocycles. The average Bonchev–Trinajstić information content (AvgIpc) is 2.75. The molecule has 1 heterocycles. The van der Waals surface area contributed by atoms with Gasteiger partial charge in [-0.15, -0.1) is 0 Å². The van der Waals surface area contributed by atoms with Gasteiger partial charge in [-0.2, -0.15) is 0 Å². The summed E-state index contributed by atoms with van der Waals surface area (Å²) < 4.78 is 11.9. The summed E-state index contributed by atoms with van der Waals surface area (Å²) in [6, 6.07) is 13.7. The topological polar surface area (TPSA) is 113 Å². The maximum atomic E-state index is 12.8. The number of methoxy groups -OCH3 is 2. The molecule has 3 rings (SSSR count). The molecule has 3 aromatic rings. The fourth-order valence-electron chi connectivity index (χ4n) is 2.88. The molecule has 154 valence electrons. The van der Waals surface area contributed by atoms with Crippen LogP contribution in [0.15, 0.2) is 65.6 Å². The van der Waals surface area contributed by atoms with E-state index in [9.17, 15) is 19.7 Å². The first-order chi connectivity index (χ1) is 14.4. The Balaban J connectivity index is 1.86. The van der Waals surface area contributed by atoms with E-state index < -0.39 is 16.4 Å². The van der Waals surface area contributed by atoms with E-state index in [-0.39, 0.29) is 23.5 Å². The molecule has 1 aromatic heterocycles. The molecule has 0 fully saturated rings. The van der Waals surface area contributed by atoms with Crippen molar-refractivity contribution in [3.63, 3.8) is 0 Å². The lowest BCUT2D eigenvalue weighted by Crippen LogP contribution is -2.29. The van der Waals surface area contributed by atoms with Gasteiger partial charge >= 0.3 is 0 Å². The van der Waals surface area contributed by atoms with Gasteiger partial charge in [0.25, 0.3) is 17.2 Å². The molecule has 0 saturated carbocycles. The third-order valence-electron chi connectivity index (χ3n) is 4.34. The molecule has 0 spiro atoms. The smallest absolute Gasteiger partial charge is 0.271 e. The molecule has 0 radical (unpaired) electrons. The summed E-state index contributed by atoms with van der Waals surface area (Å²) in [6.07, 6.45) is 1.57. The standard InChI is InChI=1S/C21H19N3O6/c1-29-17-9-14(10-18(12-17)30-2)13-23-8-4-7-19(21(23)26)20(25)22-15-5-3-6-16(11-15)24(27)28/h3-12H,13H2,1-2H3,(H,22,25). The van der Waals surface area contributed by atoms with Crippen LogP contribution in [0.3, 0.4) is 0 Å². The first-order valence-corrected chi connectivity index (χ1v) is 8.88. The van der Waals surface area contributed by atoms with Crippen molar-refractivity contribution in [2.45, 2.75) is 6.54 Å². The number of ether oxygens (including phenoxy) is 2. The van der Waals surface area contributed by atoms with Gasteiger partial charge in [0.05, 0.1) is 25.7 Å². The van der Waals surface area contributed by atoms with Crippen molar-refractivity contribution >= 4 is 17.3 Å². The zero-order chi connectivity index (χ0) is 21.7. The van der Waals surface area contributed by atoms with E-state index in [1.807, 2.05) is 0 Å². The summed E-state index contributed by atoms with van der Waals surface area (Å²) in [5.41, 5.74) is 0.234. The molecule has 0 saturated heterocycles. The minimum Gasteiger partial charge on any atom is -0.497 e. The Labute approximate surface area is 171 Å². The first kappa shape index (κ1) is 20.6. The van der Waals surface area contributed by atoms with Crippen LogP contribution in [0.2, 0.25) is 0 Å². The predicted octanol–water partition coefficient (Wildman–Crippen LogP) is 3.07. The van der Waals surface area contributed by atoms with Gasteiger partial charge in [-0.05, 0) is 35.9 Å². The molecule has 0 atom stereocenters. The number of amides is 1. The van der Waals surface area contributed by atoms with Gasteiger partial charge in [-0.25, -0.2) is 0 Å². The largest absolute Gasteiger partial charge is 0.497 e. The number of anilines is 1. The lowest BCUT2D eigenvalue weighted by atomic mass is 10.2. The summed E-state index contributed by atoms with van der Waals surface area (Å²) >= 11 is 0. The number of hydrogen-bond donors (Lipinski definition) is 1. The number of nitro benzene ring substituents is 1. The van der Waals surface area contributed by atoms with E-state index in [4.69, 9.17) is 9.47 Å². The molecule has 1 N–H and O–H groups in total. The van der Waals surface area contributed by atoms with Crippen LogP contribution in [0.1, 0.15) is 15.9 Å². The molecule has 9 heteroatoms. The zero-order valence-electron chi connectivity index (χ0n) is 16.3. The predicted molar refractivity (Wildman–Crippen MR) is 110 cm³/mol. The van der Waals surface area contributed by atoms with Crippen molar-refractivity contribution in [2.24, 2.45) is 0 Å². The fraction of sp³-hybridized carbons (Fsp3) is 0.143. The Morgan fingerprint density at radius 1 is 1.07 bits per heavy atom. The van der Waals surface area contributed by atoms with Crippen molar-refractivity contribution in [2.75, 3.05) is 19.5 Å². The molecular formula is C21H19N3O6. The van der Waals surface area contributed by atoms with E-state index in [0.29, 0.717) is 11.5 Å². The van der Waals surface area contributed by atoms with Crippen LogP contribution < -0.4 is 20.3 Å². The minimum absolute atomic E-state index is 0.0844. The number of nitro groups is 1. The maximum Gasteiger partial charge on any atom is 0.271 e. The first-order valence-electron chi connectivity index (χ1n) is 8.88. The number of pyridine rings is 1. The Hall–Kier alpha value is -4.14. The van der Waals surface area contributed by atoms with Crippen LogP contribution in [-0.4, -0.2) is 29.6 Å². The van der Waals surface area contributed by atoms with Gasteiger partial charge in [0.2, 0.25) is 0 Å². The van der Waals surface area contributed by atoms with E-state index in [1.165, 1.54) is 49.1 Å². The molecule has 9 nitrogen and oxygen atoms in total. The summed E-state index contributed by atoms with van der Waals surface area (Å²) in [5, 5.41) is 13.4. The van der Waals surface area contributed by atoms with E-state index in [1.54, 1.807) is 30.5 Å². The highest BCUT2D eigenvalue weighted by Crippen LogP contribution is 2.23. The molecule has 30 heavy (non-hydrogen) atoms. The molecule has 0 bridgehead atoms. The van der Waals surface area contributed by atoms with Crippen LogP contribution in [0, 0.1) is 10.1 Å². The number of carbonyl (C=O) groups excluding carboxylic acids is 1. The molecule has 0 unspecified atom stereocenters. The molecule has 2 aromatic carbocycles. The van der Waals surface area contributed by atoms with Gasteiger partial charge in [-0.1, -0.05) is 6.07 Å². The number of nitrogens with one attached hydrogen (secondary N) is 1. The Kier molecular flexibility index (Phi) is 6.11. The fourth-order valence-corrected chi connectivity index (χ4v) is 2.88. The second kappa shape index (κ2) is 8.91. The van der Waals surface area contributed by atoms with Crippen molar-refractivity contribution in [3.8, 4) is 11.5 Å². The highest BCUT2D eigenvalue weighted by molar-refractivity contribution is 6.04. The van der Waals surface area contributed by atoms with Gasteiger partial charge in [0.15, 0.2) is 0 Å². The lowest BCUT2D eigenvalue weighted by molar-refractivity contribution is -0.384. The van der Waals surface area contributed by atoms with Crippen LogP contribution >= 0.6 is 0 Å². The lowest BCUT2D eigenvalue weighted by Gasteiger charge is -2.11. The van der Waals surface area contributed by atoms with E-state index >= 15 is 0 Å². The van der Waals surface area contributed by atoms with Crippen LogP contribution in [0.25, 0.3) is 0 Å². The number of carbonyl (C=O) groups is 1. The minimum atomic E-state index is -0.655. The normalized spacial score (nSPS) is 10.3. The zero-order valence-corrected chi connectivity index (χ0v) is 16.3. The highest BCUT2D eigenvalue weighted by Gasteiger charge is 2.15. The quantitative estimate of drug-likeness (QED) is 0.474. The van der Waals surface area contributed by atoms with Gasteiger partial charge in [-0.3, -0.25) is 19.7 Å². The monoisotopic (exact) mass is 409 g/mol. The number of benzene rings is 2. The second-order valence-corrected chi connectivity index (χ2v) is 6.34. The number of rotatable bonds is 7. The molecule has 0 aliphatic carbocycles. The number of aromatic nitrogens is 1. The van der Waals surface area contributed by atoms with E-state index in [0.717, 1.165) is 5.56 Å². The molecule has 0 aliphatic rings. The Morgan fingerprint density at radius 2 is 1.77 bits per heavy atom. The SMILES string of the molecule is COc1cc(Cn2cccc(C(=O)Nc3cccc([N+](=O)[O-])c3)c2=O)cc(OC)c1. The number of non-ortho nitro benzene ring substituents is 1. The van der Waals surface area contributed by atoms with E-state index in [2.05, 4.69) is 5.32 Å². The highest BCUT2D eigenvalue weighted by atomic mass is 16.6. The summed E-state index contributed by atoms with van der Waals surface area (Å²) in [4.78, 5) is 35.7. The third-order valence-corrected chi connectivity index (χ3v) is 4.34. The van der Waals surface area contributed by atoms with Crippen molar-refractivity contribution in [3.05, 3.63) is 92.4 Å². The van der Waals surface area contributed by atoms with Crippen LogP contribution in [-0.2, 0) is 6.54 Å². The summed E-state index contributed by atoms with van der Waals surface area (Å²) in [6.45, 7) is 0.199. The van der Waals surface area contributed by atoms with Crippen LogP contribution in [0.4, 0.5) is 11.4 Å². The summed E-state index contributed by atoms with van der Waals surface area (Å²) in [7, 11) is 3.06. The van der Waals surface area contributed by atoms with Gasteiger partial charge in [0.1, 0.15) is 17.1 Å². The maximum absolute atomic E-state index is 12.8. The van der Waals surface area contributed by atoms with Crippen LogP contribution in [0.5, 0.6) is 11.5 Å². The van der Waals surface area contributed by atoms with Crippen molar-refractivity contribution in [1.82, 2.24) is 4.57 Å². The molecule has 1 amide bonds. The third kappa shape index (κ3) is 4.64. The Bertz CT molecular complexity index is 1130. The summed E-state index contributed by atoms with van der Waals surface area (Å²) in [5.74, 6) is 0.506. The van der Waals surface area contributed by atoms with Gasteiger partial charge < -0.3 is 19.4 Å². The number of nitrogens with zero attached hydrogens (tertiary/aromatic N) is 2. The average molecular weight is 409 g/mol.